The summed E-state index contributed by atoms with van der Waals surface area (Å²) in [4.78, 5) is 0. The molecule has 0 bridgehead atoms. The molecule has 2 heteroatoms. The Labute approximate surface area is 76.4 Å². The highest BCUT2D eigenvalue weighted by atomic mass is 15.0. The number of nitrogens with one attached hydrogen (secondary N) is 2. The van der Waals surface area contributed by atoms with Gasteiger partial charge in [0.1, 0.15) is 0 Å². The lowest BCUT2D eigenvalue weighted by molar-refractivity contribution is 0.422. The Hall–Kier alpha value is -0.340. The van der Waals surface area contributed by atoms with Crippen LogP contribution in [-0.2, 0) is 0 Å². The zero-order valence-electron chi connectivity index (χ0n) is 8.61. The van der Waals surface area contributed by atoms with E-state index in [0.717, 1.165) is 26.1 Å². The highest BCUT2D eigenvalue weighted by Gasteiger charge is 2.06. The molecule has 2 N–H and O–H groups in total. The normalized spacial score (nSPS) is 11.6. The maximum absolute atomic E-state index is 3.66. The van der Waals surface area contributed by atoms with Crippen molar-refractivity contribution in [2.45, 2.75) is 32.7 Å². The predicted octanol–water partition coefficient (Wildman–Crippen LogP) is 1.54. The maximum atomic E-state index is 3.66. The summed E-state index contributed by atoms with van der Waals surface area (Å²) in [6.07, 6.45) is 2.99. The van der Waals surface area contributed by atoms with E-state index in [0.29, 0.717) is 0 Å². The quantitative estimate of drug-likeness (QED) is 0.467. The van der Waals surface area contributed by atoms with Gasteiger partial charge in [-0.15, -0.1) is 6.58 Å². The summed E-state index contributed by atoms with van der Waals surface area (Å²) in [6.45, 7) is 13.3. The molecule has 12 heavy (non-hydrogen) atoms. The highest BCUT2D eigenvalue weighted by Crippen LogP contribution is 1.96. The Morgan fingerprint density at radius 1 is 1.17 bits per heavy atom. The van der Waals surface area contributed by atoms with Gasteiger partial charge in [0, 0.05) is 18.6 Å². The minimum absolute atomic E-state index is 0.236. The second-order valence-corrected chi connectivity index (χ2v) is 4.00. The van der Waals surface area contributed by atoms with Gasteiger partial charge in [-0.1, -0.05) is 6.08 Å². The lowest BCUT2D eigenvalue weighted by atomic mass is 10.1. The van der Waals surface area contributed by atoms with Gasteiger partial charge >= 0.3 is 0 Å². The van der Waals surface area contributed by atoms with Crippen molar-refractivity contribution in [1.29, 1.82) is 0 Å². The molecule has 0 aromatic carbocycles. The van der Waals surface area contributed by atoms with Crippen LogP contribution in [0.4, 0.5) is 0 Å². The number of hydrogen-bond acceptors (Lipinski definition) is 2. The van der Waals surface area contributed by atoms with Crippen LogP contribution in [0.25, 0.3) is 0 Å². The standard InChI is InChI=1S/C10H22N2/c1-5-6-7-11-8-9-12-10(2,3)4/h5,11-12H,1,6-9H2,2-4H3. The highest BCUT2D eigenvalue weighted by molar-refractivity contribution is 4.71. The Morgan fingerprint density at radius 2 is 1.83 bits per heavy atom. The third-order valence-electron chi connectivity index (χ3n) is 1.48. The summed E-state index contributed by atoms with van der Waals surface area (Å²) in [7, 11) is 0. The molecule has 0 spiro atoms. The molecule has 0 unspecified atom stereocenters. The second-order valence-electron chi connectivity index (χ2n) is 4.00. The van der Waals surface area contributed by atoms with Crippen molar-refractivity contribution in [2.24, 2.45) is 0 Å². The molecule has 0 atom stereocenters. The van der Waals surface area contributed by atoms with Crippen molar-refractivity contribution >= 4 is 0 Å². The Morgan fingerprint density at radius 3 is 2.33 bits per heavy atom. The van der Waals surface area contributed by atoms with Gasteiger partial charge in [-0.05, 0) is 33.7 Å². The summed E-state index contributed by atoms with van der Waals surface area (Å²) in [6, 6.07) is 0. The molecule has 0 aliphatic rings. The second kappa shape index (κ2) is 6.21. The Balaban J connectivity index is 3.06. The van der Waals surface area contributed by atoms with Gasteiger partial charge < -0.3 is 10.6 Å². The van der Waals surface area contributed by atoms with Gasteiger partial charge in [0.05, 0.1) is 0 Å². The average molecular weight is 170 g/mol. The van der Waals surface area contributed by atoms with E-state index in [1.165, 1.54) is 0 Å². The van der Waals surface area contributed by atoms with Gasteiger partial charge in [-0.25, -0.2) is 0 Å². The summed E-state index contributed by atoms with van der Waals surface area (Å²) in [5, 5.41) is 6.74. The monoisotopic (exact) mass is 170 g/mol. The molecular formula is C10H22N2. The summed E-state index contributed by atoms with van der Waals surface area (Å²) < 4.78 is 0. The van der Waals surface area contributed by atoms with Crippen molar-refractivity contribution < 1.29 is 0 Å². The van der Waals surface area contributed by atoms with Gasteiger partial charge in [0.2, 0.25) is 0 Å². The van der Waals surface area contributed by atoms with E-state index < -0.39 is 0 Å². The van der Waals surface area contributed by atoms with Crippen molar-refractivity contribution in [2.75, 3.05) is 19.6 Å². The smallest absolute Gasteiger partial charge is 0.00970 e. The van der Waals surface area contributed by atoms with E-state index in [2.05, 4.69) is 38.0 Å². The van der Waals surface area contributed by atoms with Crippen LogP contribution in [0.1, 0.15) is 27.2 Å². The van der Waals surface area contributed by atoms with Crippen LogP contribution in [0.5, 0.6) is 0 Å². The van der Waals surface area contributed by atoms with Crippen LogP contribution < -0.4 is 10.6 Å². The lowest BCUT2D eigenvalue weighted by Crippen LogP contribution is -2.40. The minimum atomic E-state index is 0.236. The molecule has 0 radical (unpaired) electrons. The van der Waals surface area contributed by atoms with Crippen LogP contribution in [-0.4, -0.2) is 25.2 Å². The first kappa shape index (κ1) is 11.7. The van der Waals surface area contributed by atoms with E-state index in [1.807, 2.05) is 6.08 Å². The van der Waals surface area contributed by atoms with Gasteiger partial charge in [-0.2, -0.15) is 0 Å². The molecule has 0 saturated carbocycles. The van der Waals surface area contributed by atoms with Gasteiger partial charge in [-0.3, -0.25) is 0 Å². The first-order chi connectivity index (χ1) is 5.56. The number of hydrogen-bond donors (Lipinski definition) is 2. The summed E-state index contributed by atoms with van der Waals surface area (Å²) in [5.74, 6) is 0. The van der Waals surface area contributed by atoms with Gasteiger partial charge in [0.25, 0.3) is 0 Å². The fraction of sp³-hybridized carbons (Fsp3) is 0.800. The van der Waals surface area contributed by atoms with E-state index in [9.17, 15) is 0 Å². The molecule has 0 amide bonds. The van der Waals surface area contributed by atoms with Crippen LogP contribution in [0.3, 0.4) is 0 Å². The molecule has 0 aromatic rings. The van der Waals surface area contributed by atoms with Crippen LogP contribution in [0, 0.1) is 0 Å². The van der Waals surface area contributed by atoms with Crippen molar-refractivity contribution in [1.82, 2.24) is 10.6 Å². The van der Waals surface area contributed by atoms with E-state index in [4.69, 9.17) is 0 Å². The van der Waals surface area contributed by atoms with Crippen molar-refractivity contribution in [3.05, 3.63) is 12.7 Å². The predicted molar refractivity (Wildman–Crippen MR) is 55.4 cm³/mol. The average Bonchev–Trinajstić information content (AvgIpc) is 1.94. The molecule has 0 aliphatic heterocycles. The number of rotatable bonds is 6. The summed E-state index contributed by atoms with van der Waals surface area (Å²) >= 11 is 0. The molecule has 72 valence electrons. The van der Waals surface area contributed by atoms with Crippen LogP contribution >= 0.6 is 0 Å². The van der Waals surface area contributed by atoms with E-state index in [1.54, 1.807) is 0 Å². The molecule has 2 nitrogen and oxygen atoms in total. The third-order valence-corrected chi connectivity index (χ3v) is 1.48. The third kappa shape index (κ3) is 9.66. The van der Waals surface area contributed by atoms with Crippen molar-refractivity contribution in [3.8, 4) is 0 Å². The fourth-order valence-corrected chi connectivity index (χ4v) is 0.855. The lowest BCUT2D eigenvalue weighted by Gasteiger charge is -2.20. The molecular weight excluding hydrogens is 148 g/mol. The molecule has 0 heterocycles. The zero-order valence-corrected chi connectivity index (χ0v) is 8.61. The van der Waals surface area contributed by atoms with Crippen molar-refractivity contribution in [3.63, 3.8) is 0 Å². The fourth-order valence-electron chi connectivity index (χ4n) is 0.855. The Kier molecular flexibility index (Phi) is 6.03. The molecule has 0 rings (SSSR count). The van der Waals surface area contributed by atoms with Gasteiger partial charge in [0.15, 0.2) is 0 Å². The maximum Gasteiger partial charge on any atom is 0.00970 e. The molecule has 0 saturated heterocycles. The topological polar surface area (TPSA) is 24.1 Å². The summed E-state index contributed by atoms with van der Waals surface area (Å²) in [5.41, 5.74) is 0.236. The van der Waals surface area contributed by atoms with E-state index >= 15 is 0 Å². The SMILES string of the molecule is C=CCCNCCNC(C)(C)C. The first-order valence-electron chi connectivity index (χ1n) is 4.63. The van der Waals surface area contributed by atoms with Crippen LogP contribution in [0.2, 0.25) is 0 Å². The minimum Gasteiger partial charge on any atom is -0.315 e. The van der Waals surface area contributed by atoms with E-state index in [-0.39, 0.29) is 5.54 Å². The largest absolute Gasteiger partial charge is 0.315 e. The first-order valence-corrected chi connectivity index (χ1v) is 4.63. The zero-order chi connectivity index (χ0) is 9.45. The molecule has 0 fully saturated rings. The Bertz CT molecular complexity index is 113. The molecule has 0 aromatic heterocycles. The van der Waals surface area contributed by atoms with Crippen LogP contribution in [0.15, 0.2) is 12.7 Å². The molecule has 0 aliphatic carbocycles.